The highest BCUT2D eigenvalue weighted by atomic mass is 35.5. The van der Waals surface area contributed by atoms with Gasteiger partial charge in [0.15, 0.2) is 0 Å². The molecule has 1 aromatic rings. The molecule has 0 unspecified atom stereocenters. The van der Waals surface area contributed by atoms with E-state index in [2.05, 4.69) is 10.3 Å². The van der Waals surface area contributed by atoms with Gasteiger partial charge in [0.25, 0.3) is 5.91 Å². The molecule has 0 atom stereocenters. The van der Waals surface area contributed by atoms with E-state index in [1.165, 1.54) is 12.6 Å². The number of nitrogens with one attached hydrogen (secondary N) is 1. The Bertz CT molecular complexity index is 414. The van der Waals surface area contributed by atoms with Crippen LogP contribution in [0.4, 0.5) is 0 Å². The summed E-state index contributed by atoms with van der Waals surface area (Å²) in [7, 11) is 0. The Morgan fingerprint density at radius 1 is 1.39 bits per heavy atom. The lowest BCUT2D eigenvalue weighted by Crippen LogP contribution is -2.52. The van der Waals surface area contributed by atoms with Crippen molar-refractivity contribution in [1.29, 1.82) is 0 Å². The fourth-order valence-electron chi connectivity index (χ4n) is 2.37. The average Bonchev–Trinajstić information content (AvgIpc) is 2.40. The summed E-state index contributed by atoms with van der Waals surface area (Å²) >= 11 is 5.68. The lowest BCUT2D eigenvalue weighted by atomic mass is 9.82. The highest BCUT2D eigenvalue weighted by molar-refractivity contribution is 6.29. The molecular weight excluding hydrogens is 252 g/mol. The first-order chi connectivity index (χ1) is 8.65. The van der Waals surface area contributed by atoms with Gasteiger partial charge < -0.3 is 10.4 Å². The van der Waals surface area contributed by atoms with E-state index in [4.69, 9.17) is 11.6 Å². The first-order valence-electron chi connectivity index (χ1n) is 6.20. The van der Waals surface area contributed by atoms with Gasteiger partial charge in [-0.2, -0.15) is 0 Å². The number of hydrogen-bond acceptors (Lipinski definition) is 3. The molecule has 1 aliphatic carbocycles. The first kappa shape index (κ1) is 13.3. The summed E-state index contributed by atoms with van der Waals surface area (Å²) in [5, 5.41) is 12.8. The van der Waals surface area contributed by atoms with E-state index in [-0.39, 0.29) is 12.5 Å². The second-order valence-corrected chi connectivity index (χ2v) is 5.21. The number of aliphatic hydroxyl groups is 1. The van der Waals surface area contributed by atoms with Crippen LogP contribution in [0.1, 0.15) is 42.5 Å². The summed E-state index contributed by atoms with van der Waals surface area (Å²) in [5.41, 5.74) is 0.00686. The van der Waals surface area contributed by atoms with Gasteiger partial charge in [-0.25, -0.2) is 4.98 Å². The summed E-state index contributed by atoms with van der Waals surface area (Å²) in [6, 6.07) is 3.22. The minimum Gasteiger partial charge on any atom is -0.394 e. The number of rotatable bonds is 3. The number of nitrogens with zero attached hydrogens (tertiary/aromatic N) is 1. The van der Waals surface area contributed by atoms with E-state index < -0.39 is 5.54 Å². The second-order valence-electron chi connectivity index (χ2n) is 4.82. The number of carbonyl (C=O) groups excluding carboxylic acids is 1. The third-order valence-electron chi connectivity index (χ3n) is 3.48. The summed E-state index contributed by atoms with van der Waals surface area (Å²) in [6.45, 7) is -0.0141. The normalized spacial score (nSPS) is 18.3. The molecule has 1 heterocycles. The van der Waals surface area contributed by atoms with Crippen LogP contribution in [0.5, 0.6) is 0 Å². The number of aromatic nitrogens is 1. The van der Waals surface area contributed by atoms with Gasteiger partial charge in [-0.15, -0.1) is 0 Å². The van der Waals surface area contributed by atoms with E-state index in [1.807, 2.05) is 0 Å². The maximum atomic E-state index is 12.1. The fourth-order valence-corrected chi connectivity index (χ4v) is 2.49. The summed E-state index contributed by atoms with van der Waals surface area (Å²) < 4.78 is 0. The van der Waals surface area contributed by atoms with Gasteiger partial charge >= 0.3 is 0 Å². The van der Waals surface area contributed by atoms with Crippen LogP contribution in [0.25, 0.3) is 0 Å². The second kappa shape index (κ2) is 5.67. The van der Waals surface area contributed by atoms with Crippen molar-refractivity contribution < 1.29 is 9.90 Å². The van der Waals surface area contributed by atoms with E-state index in [0.29, 0.717) is 10.7 Å². The van der Waals surface area contributed by atoms with Crippen LogP contribution in [0.3, 0.4) is 0 Å². The fraction of sp³-hybridized carbons (Fsp3) is 0.538. The van der Waals surface area contributed by atoms with Crippen molar-refractivity contribution in [1.82, 2.24) is 10.3 Å². The van der Waals surface area contributed by atoms with Gasteiger partial charge in [0.1, 0.15) is 5.15 Å². The van der Waals surface area contributed by atoms with Crippen LogP contribution in [0.15, 0.2) is 18.3 Å². The van der Waals surface area contributed by atoms with Crippen molar-refractivity contribution >= 4 is 17.5 Å². The van der Waals surface area contributed by atoms with Gasteiger partial charge in [-0.1, -0.05) is 30.9 Å². The van der Waals surface area contributed by atoms with Crippen molar-refractivity contribution in [3.8, 4) is 0 Å². The number of amides is 1. The molecule has 0 spiro atoms. The minimum atomic E-state index is -0.463. The van der Waals surface area contributed by atoms with Gasteiger partial charge in [-0.3, -0.25) is 4.79 Å². The zero-order chi connectivity index (χ0) is 13.0. The molecular formula is C13H17ClN2O2. The van der Waals surface area contributed by atoms with E-state index >= 15 is 0 Å². The Kier molecular flexibility index (Phi) is 4.19. The Labute approximate surface area is 111 Å². The van der Waals surface area contributed by atoms with Gasteiger partial charge in [0, 0.05) is 6.20 Å². The van der Waals surface area contributed by atoms with E-state index in [9.17, 15) is 9.90 Å². The molecule has 2 rings (SSSR count). The molecule has 0 aliphatic heterocycles. The van der Waals surface area contributed by atoms with Crippen molar-refractivity contribution in [2.45, 2.75) is 37.6 Å². The number of aliphatic hydroxyl groups excluding tert-OH is 1. The molecule has 0 bridgehead atoms. The molecule has 1 amide bonds. The number of hydrogen-bond donors (Lipinski definition) is 2. The lowest BCUT2D eigenvalue weighted by Gasteiger charge is -2.36. The molecule has 0 radical (unpaired) electrons. The highest BCUT2D eigenvalue weighted by Gasteiger charge is 2.33. The van der Waals surface area contributed by atoms with Crippen molar-refractivity contribution in [2.75, 3.05) is 6.61 Å². The average molecular weight is 269 g/mol. The Morgan fingerprint density at radius 3 is 2.67 bits per heavy atom. The lowest BCUT2D eigenvalue weighted by molar-refractivity contribution is 0.0758. The van der Waals surface area contributed by atoms with Crippen LogP contribution in [0, 0.1) is 0 Å². The molecule has 4 nitrogen and oxygen atoms in total. The SMILES string of the molecule is O=C(NC1(CO)CCCCC1)c1ccc(Cl)nc1. The third kappa shape index (κ3) is 3.00. The maximum absolute atomic E-state index is 12.1. The predicted octanol–water partition coefficient (Wildman–Crippen LogP) is 2.16. The molecule has 18 heavy (non-hydrogen) atoms. The van der Waals surface area contributed by atoms with Crippen molar-refractivity contribution in [3.05, 3.63) is 29.0 Å². The highest BCUT2D eigenvalue weighted by Crippen LogP contribution is 2.28. The van der Waals surface area contributed by atoms with Crippen molar-refractivity contribution in [3.63, 3.8) is 0 Å². The topological polar surface area (TPSA) is 62.2 Å². The van der Waals surface area contributed by atoms with Crippen LogP contribution < -0.4 is 5.32 Å². The largest absolute Gasteiger partial charge is 0.394 e. The standard InChI is InChI=1S/C13H17ClN2O2/c14-11-5-4-10(8-15-11)12(18)16-13(9-17)6-2-1-3-7-13/h4-5,8,17H,1-3,6-7,9H2,(H,16,18). The Balaban J connectivity index is 2.07. The minimum absolute atomic E-state index is 0.0141. The summed E-state index contributed by atoms with van der Waals surface area (Å²) in [6.07, 6.45) is 6.36. The molecule has 1 aromatic heterocycles. The van der Waals surface area contributed by atoms with Crippen molar-refractivity contribution in [2.24, 2.45) is 0 Å². The Hall–Kier alpha value is -1.13. The number of halogens is 1. The summed E-state index contributed by atoms with van der Waals surface area (Å²) in [4.78, 5) is 16.0. The van der Waals surface area contributed by atoms with Crippen LogP contribution >= 0.6 is 11.6 Å². The number of carbonyl (C=O) groups is 1. The molecule has 5 heteroatoms. The molecule has 1 aliphatic rings. The smallest absolute Gasteiger partial charge is 0.253 e. The van der Waals surface area contributed by atoms with Gasteiger partial charge in [0.05, 0.1) is 17.7 Å². The Morgan fingerprint density at radius 2 is 2.11 bits per heavy atom. The summed E-state index contributed by atoms with van der Waals surface area (Å²) in [5.74, 6) is -0.199. The monoisotopic (exact) mass is 268 g/mol. The number of pyridine rings is 1. The molecule has 2 N–H and O–H groups in total. The van der Waals surface area contributed by atoms with E-state index in [0.717, 1.165) is 25.7 Å². The van der Waals surface area contributed by atoms with Crippen LogP contribution in [-0.2, 0) is 0 Å². The molecule has 98 valence electrons. The maximum Gasteiger partial charge on any atom is 0.253 e. The molecule has 1 fully saturated rings. The van der Waals surface area contributed by atoms with Gasteiger partial charge in [0.2, 0.25) is 0 Å². The van der Waals surface area contributed by atoms with Crippen LogP contribution in [0.2, 0.25) is 5.15 Å². The van der Waals surface area contributed by atoms with E-state index in [1.54, 1.807) is 12.1 Å². The van der Waals surface area contributed by atoms with Gasteiger partial charge in [-0.05, 0) is 25.0 Å². The van der Waals surface area contributed by atoms with Crippen LogP contribution in [-0.4, -0.2) is 28.1 Å². The zero-order valence-electron chi connectivity index (χ0n) is 10.2. The molecule has 1 saturated carbocycles. The first-order valence-corrected chi connectivity index (χ1v) is 6.58. The zero-order valence-corrected chi connectivity index (χ0v) is 10.9. The molecule has 0 aromatic carbocycles. The third-order valence-corrected chi connectivity index (χ3v) is 3.71. The predicted molar refractivity (Wildman–Crippen MR) is 69.6 cm³/mol. The molecule has 0 saturated heterocycles. The quantitative estimate of drug-likeness (QED) is 0.826.